The van der Waals surface area contributed by atoms with Gasteiger partial charge in [0.1, 0.15) is 6.23 Å². The second-order valence-corrected chi connectivity index (χ2v) is 6.23. The Labute approximate surface area is 138 Å². The molecule has 3 rings (SSSR count). The smallest absolute Gasteiger partial charge is 0.124 e. The van der Waals surface area contributed by atoms with Crippen LogP contribution in [0.15, 0.2) is 48.5 Å². The summed E-state index contributed by atoms with van der Waals surface area (Å²) in [7, 11) is 0. The van der Waals surface area contributed by atoms with Crippen LogP contribution in [0.25, 0.3) is 6.08 Å². The van der Waals surface area contributed by atoms with E-state index in [-0.39, 0.29) is 0 Å². The fraction of sp³-hybridized carbons (Fsp3) is 0.333. The van der Waals surface area contributed by atoms with Crippen LogP contribution in [0.5, 0.6) is 0 Å². The molecular formula is C21H25NO. The third-order valence-electron chi connectivity index (χ3n) is 4.48. The molecule has 23 heavy (non-hydrogen) atoms. The number of nitrogens with one attached hydrogen (secondary N) is 1. The molecule has 2 aromatic rings. The van der Waals surface area contributed by atoms with Gasteiger partial charge in [-0.05, 0) is 60.4 Å². The average Bonchev–Trinajstić information content (AvgIpc) is 2.59. The van der Waals surface area contributed by atoms with Gasteiger partial charge in [-0.15, -0.1) is 0 Å². The van der Waals surface area contributed by atoms with E-state index < -0.39 is 6.23 Å². The number of aliphatic hydroxyl groups excluding tert-OH is 1. The fourth-order valence-electron chi connectivity index (χ4n) is 3.01. The van der Waals surface area contributed by atoms with Crippen LogP contribution in [-0.4, -0.2) is 11.3 Å². The Bertz CT molecular complexity index is 673. The van der Waals surface area contributed by atoms with Crippen LogP contribution in [0.4, 0.5) is 5.69 Å². The minimum absolute atomic E-state index is 0.409. The molecule has 0 amide bonds. The number of rotatable bonds is 5. The van der Waals surface area contributed by atoms with Gasteiger partial charge in [0, 0.05) is 5.69 Å². The molecule has 1 aliphatic rings. The normalized spacial score (nSPS) is 17.0. The van der Waals surface area contributed by atoms with Crippen LogP contribution in [0, 0.1) is 0 Å². The Balaban J connectivity index is 1.56. The Morgan fingerprint density at radius 1 is 1.13 bits per heavy atom. The zero-order chi connectivity index (χ0) is 16.1. The van der Waals surface area contributed by atoms with E-state index in [1.54, 1.807) is 0 Å². The van der Waals surface area contributed by atoms with Crippen molar-refractivity contribution in [3.05, 3.63) is 70.8 Å². The third kappa shape index (κ3) is 4.23. The van der Waals surface area contributed by atoms with Crippen molar-refractivity contribution in [2.24, 2.45) is 0 Å². The molecule has 1 aliphatic heterocycles. The molecule has 0 saturated heterocycles. The summed E-state index contributed by atoms with van der Waals surface area (Å²) in [6, 6.07) is 15.4. The number of fused-ring (bicyclic) bond motifs is 1. The summed E-state index contributed by atoms with van der Waals surface area (Å²) in [6.07, 6.45) is 8.94. The van der Waals surface area contributed by atoms with Crippen molar-refractivity contribution in [1.82, 2.24) is 0 Å². The van der Waals surface area contributed by atoms with E-state index in [4.69, 9.17) is 0 Å². The highest BCUT2D eigenvalue weighted by Crippen LogP contribution is 2.25. The molecule has 1 atom stereocenters. The minimum atomic E-state index is -0.409. The maximum atomic E-state index is 9.70. The van der Waals surface area contributed by atoms with Gasteiger partial charge in [-0.3, -0.25) is 0 Å². The predicted molar refractivity (Wildman–Crippen MR) is 97.6 cm³/mol. The Morgan fingerprint density at radius 3 is 2.70 bits per heavy atom. The van der Waals surface area contributed by atoms with Crippen LogP contribution < -0.4 is 5.32 Å². The molecule has 0 fully saturated rings. The molecule has 2 N–H and O–H groups in total. The zero-order valence-corrected chi connectivity index (χ0v) is 13.8. The lowest BCUT2D eigenvalue weighted by Gasteiger charge is -2.23. The number of aliphatic hydroxyl groups is 1. The topological polar surface area (TPSA) is 32.3 Å². The highest BCUT2D eigenvalue weighted by molar-refractivity contribution is 5.62. The predicted octanol–water partition coefficient (Wildman–Crippen LogP) is 4.57. The van der Waals surface area contributed by atoms with Crippen molar-refractivity contribution in [1.29, 1.82) is 0 Å². The van der Waals surface area contributed by atoms with Crippen molar-refractivity contribution < 1.29 is 5.11 Å². The van der Waals surface area contributed by atoms with Gasteiger partial charge in [-0.25, -0.2) is 0 Å². The first-order chi connectivity index (χ1) is 11.2. The van der Waals surface area contributed by atoms with Gasteiger partial charge in [0.05, 0.1) is 0 Å². The maximum absolute atomic E-state index is 9.70. The Hall–Kier alpha value is -2.06. The molecule has 0 aliphatic carbocycles. The van der Waals surface area contributed by atoms with Crippen LogP contribution in [-0.2, 0) is 19.3 Å². The van der Waals surface area contributed by atoms with Crippen LogP contribution >= 0.6 is 0 Å². The van der Waals surface area contributed by atoms with Crippen molar-refractivity contribution in [2.45, 2.75) is 45.3 Å². The molecule has 2 aromatic carbocycles. The number of benzene rings is 2. The van der Waals surface area contributed by atoms with Crippen LogP contribution in [0.2, 0.25) is 0 Å². The van der Waals surface area contributed by atoms with E-state index in [1.165, 1.54) is 22.3 Å². The molecule has 0 aromatic heterocycles. The molecule has 1 heterocycles. The molecule has 0 spiro atoms. The number of allylic oxidation sites excluding steroid dienone is 1. The van der Waals surface area contributed by atoms with E-state index in [0.29, 0.717) is 0 Å². The fourth-order valence-corrected chi connectivity index (χ4v) is 3.01. The van der Waals surface area contributed by atoms with E-state index in [2.05, 4.69) is 66.9 Å². The lowest BCUT2D eigenvalue weighted by Crippen LogP contribution is -2.24. The van der Waals surface area contributed by atoms with Crippen molar-refractivity contribution in [2.75, 3.05) is 5.32 Å². The summed E-state index contributed by atoms with van der Waals surface area (Å²) in [5.74, 6) is 0. The molecule has 0 radical (unpaired) electrons. The second kappa shape index (κ2) is 7.47. The van der Waals surface area contributed by atoms with E-state index in [1.807, 2.05) is 0 Å². The maximum Gasteiger partial charge on any atom is 0.124 e. The molecule has 0 saturated carbocycles. The summed E-state index contributed by atoms with van der Waals surface area (Å²) in [5.41, 5.74) is 6.34. The summed E-state index contributed by atoms with van der Waals surface area (Å²) in [4.78, 5) is 0. The van der Waals surface area contributed by atoms with Crippen LogP contribution in [0.3, 0.4) is 0 Å². The SMILES string of the molecule is CCc1ccc(CCC=Cc2ccc3c(c2)NC(O)CC3)cc1. The highest BCUT2D eigenvalue weighted by atomic mass is 16.3. The van der Waals surface area contributed by atoms with Crippen LogP contribution in [0.1, 0.15) is 42.0 Å². The van der Waals surface area contributed by atoms with Crippen molar-refractivity contribution in [3.63, 3.8) is 0 Å². The van der Waals surface area contributed by atoms with Crippen molar-refractivity contribution >= 4 is 11.8 Å². The summed E-state index contributed by atoms with van der Waals surface area (Å²) in [5, 5.41) is 12.8. The molecule has 2 nitrogen and oxygen atoms in total. The van der Waals surface area contributed by atoms with Gasteiger partial charge in [0.2, 0.25) is 0 Å². The van der Waals surface area contributed by atoms with E-state index in [9.17, 15) is 5.11 Å². The Morgan fingerprint density at radius 2 is 1.91 bits per heavy atom. The second-order valence-electron chi connectivity index (χ2n) is 6.23. The highest BCUT2D eigenvalue weighted by Gasteiger charge is 2.14. The molecule has 120 valence electrons. The summed E-state index contributed by atoms with van der Waals surface area (Å²) >= 11 is 0. The zero-order valence-electron chi connectivity index (χ0n) is 13.8. The van der Waals surface area contributed by atoms with Gasteiger partial charge in [-0.2, -0.15) is 0 Å². The summed E-state index contributed by atoms with van der Waals surface area (Å²) in [6.45, 7) is 2.18. The van der Waals surface area contributed by atoms with Gasteiger partial charge in [-0.1, -0.05) is 55.5 Å². The third-order valence-corrected chi connectivity index (χ3v) is 4.48. The first kappa shape index (κ1) is 15.8. The number of aryl methyl sites for hydroxylation is 3. The number of anilines is 1. The number of hydrogen-bond donors (Lipinski definition) is 2. The average molecular weight is 307 g/mol. The first-order valence-corrected chi connectivity index (χ1v) is 8.56. The molecule has 1 unspecified atom stereocenters. The lowest BCUT2D eigenvalue weighted by atomic mass is 10.00. The Kier molecular flexibility index (Phi) is 5.14. The van der Waals surface area contributed by atoms with Crippen molar-refractivity contribution in [3.8, 4) is 0 Å². The lowest BCUT2D eigenvalue weighted by molar-refractivity contribution is 0.189. The monoisotopic (exact) mass is 307 g/mol. The molecular weight excluding hydrogens is 282 g/mol. The quantitative estimate of drug-likeness (QED) is 0.848. The number of hydrogen-bond acceptors (Lipinski definition) is 2. The molecule has 0 bridgehead atoms. The largest absolute Gasteiger partial charge is 0.374 e. The van der Waals surface area contributed by atoms with Gasteiger partial charge < -0.3 is 10.4 Å². The van der Waals surface area contributed by atoms with E-state index >= 15 is 0 Å². The first-order valence-electron chi connectivity index (χ1n) is 8.56. The van der Waals surface area contributed by atoms with Gasteiger partial charge >= 0.3 is 0 Å². The van der Waals surface area contributed by atoms with Gasteiger partial charge in [0.25, 0.3) is 0 Å². The molecule has 2 heteroatoms. The van der Waals surface area contributed by atoms with Gasteiger partial charge in [0.15, 0.2) is 0 Å². The minimum Gasteiger partial charge on any atom is -0.374 e. The standard InChI is InChI=1S/C21H25NO/c1-2-16-7-9-17(10-8-16)5-3-4-6-18-11-12-19-13-14-21(23)22-20(19)15-18/h4,6-12,15,21-23H,2-3,5,13-14H2,1H3. The summed E-state index contributed by atoms with van der Waals surface area (Å²) < 4.78 is 0. The van der Waals surface area contributed by atoms with E-state index in [0.717, 1.165) is 37.8 Å².